The topological polar surface area (TPSA) is 78.8 Å². The van der Waals surface area contributed by atoms with Crippen molar-refractivity contribution in [2.45, 2.75) is 12.8 Å². The molecule has 23 heavy (non-hydrogen) atoms. The largest absolute Gasteiger partial charge is 0.481 e. The lowest BCUT2D eigenvalue weighted by atomic mass is 10.1. The standard InChI is InChI=1S/C17H15ClN2O3/c18-14-8-4-7-13(11-14)17(23)20-19-15(9-10-16(21)22)12-5-2-1-3-6-12/h1-8,11H,9-10H2,(H,20,23)(H,21,22). The van der Waals surface area contributed by atoms with Crippen molar-refractivity contribution < 1.29 is 14.7 Å². The van der Waals surface area contributed by atoms with E-state index in [0.29, 0.717) is 16.3 Å². The Morgan fingerprint density at radius 3 is 2.35 bits per heavy atom. The molecule has 5 nitrogen and oxygen atoms in total. The molecule has 0 bridgehead atoms. The highest BCUT2D eigenvalue weighted by atomic mass is 35.5. The van der Waals surface area contributed by atoms with E-state index in [1.807, 2.05) is 30.3 Å². The van der Waals surface area contributed by atoms with Gasteiger partial charge in [-0.25, -0.2) is 5.43 Å². The van der Waals surface area contributed by atoms with Crippen LogP contribution in [0.4, 0.5) is 0 Å². The summed E-state index contributed by atoms with van der Waals surface area (Å²) in [5.41, 5.74) is 4.09. The molecule has 2 aromatic carbocycles. The third kappa shape index (κ3) is 5.23. The van der Waals surface area contributed by atoms with Crippen LogP contribution in [0.15, 0.2) is 59.7 Å². The van der Waals surface area contributed by atoms with E-state index in [0.717, 1.165) is 5.56 Å². The predicted molar refractivity (Wildman–Crippen MR) is 88.8 cm³/mol. The van der Waals surface area contributed by atoms with Gasteiger partial charge in [-0.05, 0) is 23.8 Å². The van der Waals surface area contributed by atoms with Crippen LogP contribution in [-0.2, 0) is 4.79 Å². The number of hydrazone groups is 1. The van der Waals surface area contributed by atoms with Crippen LogP contribution in [0.3, 0.4) is 0 Å². The quantitative estimate of drug-likeness (QED) is 0.629. The Morgan fingerprint density at radius 1 is 1.00 bits per heavy atom. The molecule has 0 unspecified atom stereocenters. The zero-order valence-electron chi connectivity index (χ0n) is 12.2. The summed E-state index contributed by atoms with van der Waals surface area (Å²) in [5.74, 6) is -1.33. The minimum atomic E-state index is -0.921. The van der Waals surface area contributed by atoms with E-state index in [9.17, 15) is 9.59 Å². The number of hydrogen-bond acceptors (Lipinski definition) is 3. The smallest absolute Gasteiger partial charge is 0.303 e. The van der Waals surface area contributed by atoms with E-state index < -0.39 is 11.9 Å². The van der Waals surface area contributed by atoms with Crippen molar-refractivity contribution in [3.05, 3.63) is 70.7 Å². The molecule has 0 aromatic heterocycles. The van der Waals surface area contributed by atoms with Gasteiger partial charge >= 0.3 is 5.97 Å². The van der Waals surface area contributed by atoms with Crippen molar-refractivity contribution in [1.82, 2.24) is 5.43 Å². The lowest BCUT2D eigenvalue weighted by Crippen LogP contribution is -2.20. The average Bonchev–Trinajstić information content (AvgIpc) is 2.55. The number of benzene rings is 2. The molecule has 0 fully saturated rings. The maximum atomic E-state index is 12.1. The minimum Gasteiger partial charge on any atom is -0.481 e. The maximum absolute atomic E-state index is 12.1. The van der Waals surface area contributed by atoms with Gasteiger partial charge < -0.3 is 5.11 Å². The van der Waals surface area contributed by atoms with Gasteiger partial charge in [-0.1, -0.05) is 48.0 Å². The number of halogens is 1. The SMILES string of the molecule is O=C(O)CCC(=NNC(=O)c1cccc(Cl)c1)c1ccccc1. The third-order valence-corrected chi connectivity index (χ3v) is 3.30. The fraction of sp³-hybridized carbons (Fsp3) is 0.118. The van der Waals surface area contributed by atoms with Crippen LogP contribution in [-0.4, -0.2) is 22.7 Å². The van der Waals surface area contributed by atoms with Crippen LogP contribution >= 0.6 is 11.6 Å². The van der Waals surface area contributed by atoms with Gasteiger partial charge in [0.25, 0.3) is 5.91 Å². The predicted octanol–water partition coefficient (Wildman–Crippen LogP) is 3.34. The van der Waals surface area contributed by atoms with E-state index in [4.69, 9.17) is 16.7 Å². The lowest BCUT2D eigenvalue weighted by molar-refractivity contribution is -0.136. The summed E-state index contributed by atoms with van der Waals surface area (Å²) in [6.45, 7) is 0. The number of nitrogens with zero attached hydrogens (tertiary/aromatic N) is 1. The van der Waals surface area contributed by atoms with E-state index in [1.54, 1.807) is 18.2 Å². The first-order valence-corrected chi connectivity index (χ1v) is 7.34. The number of rotatable bonds is 6. The zero-order chi connectivity index (χ0) is 16.7. The Labute approximate surface area is 138 Å². The summed E-state index contributed by atoms with van der Waals surface area (Å²) in [6.07, 6.45) is 0.149. The second-order valence-corrected chi connectivity index (χ2v) is 5.21. The molecule has 0 heterocycles. The highest BCUT2D eigenvalue weighted by molar-refractivity contribution is 6.30. The maximum Gasteiger partial charge on any atom is 0.303 e. The summed E-state index contributed by atoms with van der Waals surface area (Å²) >= 11 is 5.85. The second-order valence-electron chi connectivity index (χ2n) is 4.77. The second kappa shape index (κ2) is 8.10. The Balaban J connectivity index is 2.16. The molecule has 118 valence electrons. The fourth-order valence-corrected chi connectivity index (χ4v) is 2.12. The van der Waals surface area contributed by atoms with Gasteiger partial charge in [0.1, 0.15) is 0 Å². The Kier molecular flexibility index (Phi) is 5.88. The third-order valence-electron chi connectivity index (χ3n) is 3.06. The van der Waals surface area contributed by atoms with Crippen molar-refractivity contribution in [3.8, 4) is 0 Å². The number of hydrogen-bond donors (Lipinski definition) is 2. The summed E-state index contributed by atoms with van der Waals surface area (Å²) in [4.78, 5) is 22.9. The van der Waals surface area contributed by atoms with Crippen LogP contribution in [0.25, 0.3) is 0 Å². The fourth-order valence-electron chi connectivity index (χ4n) is 1.93. The molecule has 0 atom stereocenters. The number of carbonyl (C=O) groups is 2. The number of nitrogens with one attached hydrogen (secondary N) is 1. The first-order valence-electron chi connectivity index (χ1n) is 6.96. The number of carbonyl (C=O) groups excluding carboxylic acids is 1. The number of carboxylic acids is 1. The molecule has 0 radical (unpaired) electrons. The van der Waals surface area contributed by atoms with Gasteiger partial charge in [0.15, 0.2) is 0 Å². The normalized spacial score (nSPS) is 11.1. The van der Waals surface area contributed by atoms with Gasteiger partial charge in [-0.3, -0.25) is 9.59 Å². The van der Waals surface area contributed by atoms with Gasteiger partial charge in [0.2, 0.25) is 0 Å². The Hall–Kier alpha value is -2.66. The zero-order valence-corrected chi connectivity index (χ0v) is 13.0. The molecule has 2 N–H and O–H groups in total. The molecular weight excluding hydrogens is 316 g/mol. The van der Waals surface area contributed by atoms with Gasteiger partial charge in [-0.15, -0.1) is 0 Å². The molecule has 0 aliphatic heterocycles. The van der Waals surface area contributed by atoms with Crippen molar-refractivity contribution in [2.75, 3.05) is 0 Å². The lowest BCUT2D eigenvalue weighted by Gasteiger charge is -2.07. The van der Waals surface area contributed by atoms with Crippen LogP contribution < -0.4 is 5.43 Å². The molecule has 2 aromatic rings. The molecule has 0 aliphatic rings. The van der Waals surface area contributed by atoms with E-state index in [1.165, 1.54) is 6.07 Å². The van der Waals surface area contributed by atoms with Crippen molar-refractivity contribution in [3.63, 3.8) is 0 Å². The summed E-state index contributed by atoms with van der Waals surface area (Å²) in [6, 6.07) is 15.6. The van der Waals surface area contributed by atoms with Crippen LogP contribution in [0.2, 0.25) is 5.02 Å². The van der Waals surface area contributed by atoms with E-state index in [2.05, 4.69) is 10.5 Å². The molecule has 2 rings (SSSR count). The monoisotopic (exact) mass is 330 g/mol. The van der Waals surface area contributed by atoms with Crippen molar-refractivity contribution in [1.29, 1.82) is 0 Å². The first kappa shape index (κ1) is 16.7. The molecular formula is C17H15ClN2O3. The minimum absolute atomic E-state index is 0.0687. The van der Waals surface area contributed by atoms with Crippen molar-refractivity contribution in [2.24, 2.45) is 5.10 Å². The Bertz CT molecular complexity index is 730. The molecule has 0 spiro atoms. The highest BCUT2D eigenvalue weighted by Crippen LogP contribution is 2.11. The first-order chi connectivity index (χ1) is 11.1. The molecule has 6 heteroatoms. The number of aliphatic carboxylic acids is 1. The molecule has 0 aliphatic carbocycles. The number of amides is 1. The van der Waals surface area contributed by atoms with Gasteiger partial charge in [0.05, 0.1) is 12.1 Å². The molecule has 0 saturated heterocycles. The highest BCUT2D eigenvalue weighted by Gasteiger charge is 2.09. The van der Waals surface area contributed by atoms with Crippen LogP contribution in [0, 0.1) is 0 Å². The summed E-state index contributed by atoms with van der Waals surface area (Å²) < 4.78 is 0. The Morgan fingerprint density at radius 2 is 1.70 bits per heavy atom. The molecule has 1 amide bonds. The molecule has 0 saturated carbocycles. The average molecular weight is 331 g/mol. The van der Waals surface area contributed by atoms with E-state index in [-0.39, 0.29) is 12.8 Å². The number of carboxylic acid groups (broad SMARTS) is 1. The van der Waals surface area contributed by atoms with Gasteiger partial charge in [0, 0.05) is 17.0 Å². The summed E-state index contributed by atoms with van der Waals surface area (Å²) in [7, 11) is 0. The van der Waals surface area contributed by atoms with Crippen LogP contribution in [0.5, 0.6) is 0 Å². The van der Waals surface area contributed by atoms with Gasteiger partial charge in [-0.2, -0.15) is 5.10 Å². The van der Waals surface area contributed by atoms with Crippen LogP contribution in [0.1, 0.15) is 28.8 Å². The van der Waals surface area contributed by atoms with Crippen molar-refractivity contribution >= 4 is 29.2 Å². The van der Waals surface area contributed by atoms with E-state index >= 15 is 0 Å². The summed E-state index contributed by atoms with van der Waals surface area (Å²) in [5, 5.41) is 13.4.